The molecule has 2 aromatic rings. The van der Waals surface area contributed by atoms with Crippen molar-refractivity contribution < 1.29 is 0 Å². The Morgan fingerprint density at radius 3 is 2.58 bits per heavy atom. The number of rotatable bonds is 2. The van der Waals surface area contributed by atoms with Crippen LogP contribution in [-0.4, -0.2) is 21.6 Å². The number of hydrogen-bond donors (Lipinski definition) is 2. The second-order valence-corrected chi connectivity index (χ2v) is 8.46. The minimum atomic E-state index is 0. The zero-order valence-corrected chi connectivity index (χ0v) is 17.7. The van der Waals surface area contributed by atoms with Gasteiger partial charge in [0, 0.05) is 27.6 Å². The summed E-state index contributed by atoms with van der Waals surface area (Å²) in [6, 6.07) is 0.881. The van der Waals surface area contributed by atoms with Crippen LogP contribution >= 0.6 is 44.3 Å². The molecule has 132 valence electrons. The summed E-state index contributed by atoms with van der Waals surface area (Å²) in [5.74, 6) is 1.04. The lowest BCUT2D eigenvalue weighted by Gasteiger charge is -2.28. The van der Waals surface area contributed by atoms with Crippen LogP contribution in [0.3, 0.4) is 0 Å². The standard InChI is InChI=1S/C17H22Br2N4.ClH/c1-9-13(18)14(19)12-3-2-8-23-16(12)15(9)22-17(23)21-11-6-4-10(20)5-7-11;/h10-11H,2-8,20H2,1H3,(H,21,22);1H/t10-,11-;. The van der Waals surface area contributed by atoms with E-state index in [1.807, 2.05) is 0 Å². The lowest BCUT2D eigenvalue weighted by Crippen LogP contribution is -2.33. The molecule has 1 fully saturated rings. The lowest BCUT2D eigenvalue weighted by molar-refractivity contribution is 0.408. The maximum absolute atomic E-state index is 6.03. The molecule has 4 rings (SSSR count). The third-order valence-electron chi connectivity index (χ3n) is 5.31. The van der Waals surface area contributed by atoms with Crippen LogP contribution in [-0.2, 0) is 13.0 Å². The number of anilines is 1. The number of benzene rings is 1. The first-order chi connectivity index (χ1) is 11.1. The molecule has 1 aliphatic heterocycles. The molecule has 0 amide bonds. The van der Waals surface area contributed by atoms with E-state index in [4.69, 9.17) is 10.7 Å². The number of imidazole rings is 1. The Morgan fingerprint density at radius 1 is 1.17 bits per heavy atom. The lowest BCUT2D eigenvalue weighted by atomic mass is 9.92. The average Bonchev–Trinajstić information content (AvgIpc) is 2.93. The third-order valence-corrected chi connectivity index (χ3v) is 7.71. The van der Waals surface area contributed by atoms with Gasteiger partial charge in [0.1, 0.15) is 0 Å². The van der Waals surface area contributed by atoms with E-state index in [9.17, 15) is 0 Å². The molecule has 0 bridgehead atoms. The molecule has 3 N–H and O–H groups in total. The van der Waals surface area contributed by atoms with Crippen molar-refractivity contribution >= 4 is 61.2 Å². The number of hydrogen-bond acceptors (Lipinski definition) is 3. The van der Waals surface area contributed by atoms with Gasteiger partial charge in [-0.2, -0.15) is 0 Å². The summed E-state index contributed by atoms with van der Waals surface area (Å²) < 4.78 is 4.72. The van der Waals surface area contributed by atoms with Crippen LogP contribution in [0.1, 0.15) is 43.2 Å². The van der Waals surface area contributed by atoms with E-state index >= 15 is 0 Å². The van der Waals surface area contributed by atoms with E-state index in [0.717, 1.165) is 61.0 Å². The Kier molecular flexibility index (Phi) is 5.50. The zero-order valence-electron chi connectivity index (χ0n) is 13.7. The van der Waals surface area contributed by atoms with Gasteiger partial charge in [0.25, 0.3) is 0 Å². The largest absolute Gasteiger partial charge is 0.353 e. The van der Waals surface area contributed by atoms with Crippen LogP contribution in [0.15, 0.2) is 8.95 Å². The first-order valence-electron chi connectivity index (χ1n) is 8.45. The van der Waals surface area contributed by atoms with E-state index in [1.54, 1.807) is 0 Å². The molecular formula is C17H23Br2ClN4. The average molecular weight is 479 g/mol. The molecule has 1 aliphatic carbocycles. The van der Waals surface area contributed by atoms with E-state index in [0.29, 0.717) is 12.1 Å². The van der Waals surface area contributed by atoms with Gasteiger partial charge >= 0.3 is 0 Å². The summed E-state index contributed by atoms with van der Waals surface area (Å²) >= 11 is 7.50. The van der Waals surface area contributed by atoms with E-state index in [1.165, 1.54) is 21.1 Å². The highest BCUT2D eigenvalue weighted by Crippen LogP contribution is 2.41. The van der Waals surface area contributed by atoms with Gasteiger partial charge in [0.05, 0.1) is 11.0 Å². The predicted molar refractivity (Wildman–Crippen MR) is 109 cm³/mol. The molecule has 0 radical (unpaired) electrons. The number of nitrogens with two attached hydrogens (primary N) is 1. The molecule has 1 aromatic heterocycles. The molecule has 1 saturated carbocycles. The van der Waals surface area contributed by atoms with Gasteiger partial charge in [-0.3, -0.25) is 0 Å². The van der Waals surface area contributed by atoms with Gasteiger partial charge in [-0.1, -0.05) is 0 Å². The molecule has 0 saturated heterocycles. The van der Waals surface area contributed by atoms with Crippen LogP contribution in [0.2, 0.25) is 0 Å². The number of halogens is 3. The quantitative estimate of drug-likeness (QED) is 0.644. The first kappa shape index (κ1) is 18.5. The normalized spacial score (nSPS) is 23.2. The third kappa shape index (κ3) is 3.00. The van der Waals surface area contributed by atoms with Crippen LogP contribution < -0.4 is 11.1 Å². The van der Waals surface area contributed by atoms with Gasteiger partial charge in [-0.05, 0) is 88.4 Å². The van der Waals surface area contributed by atoms with E-state index < -0.39 is 0 Å². The van der Waals surface area contributed by atoms with Crippen molar-refractivity contribution in [1.82, 2.24) is 9.55 Å². The van der Waals surface area contributed by atoms with Crippen LogP contribution in [0.25, 0.3) is 11.0 Å². The number of aromatic nitrogens is 2. The molecule has 0 atom stereocenters. The van der Waals surface area contributed by atoms with Gasteiger partial charge in [-0.25, -0.2) is 4.98 Å². The summed E-state index contributed by atoms with van der Waals surface area (Å²) in [5, 5.41) is 3.70. The fourth-order valence-corrected chi connectivity index (χ4v) is 5.05. The van der Waals surface area contributed by atoms with Crippen molar-refractivity contribution in [2.45, 2.75) is 64.1 Å². The van der Waals surface area contributed by atoms with Crippen LogP contribution in [0.5, 0.6) is 0 Å². The smallest absolute Gasteiger partial charge is 0.204 e. The van der Waals surface area contributed by atoms with Crippen molar-refractivity contribution in [3.8, 4) is 0 Å². The van der Waals surface area contributed by atoms with Crippen molar-refractivity contribution in [2.75, 3.05) is 5.32 Å². The van der Waals surface area contributed by atoms with Gasteiger partial charge in [-0.15, -0.1) is 12.4 Å². The number of nitrogens with one attached hydrogen (secondary N) is 1. The molecular weight excluding hydrogens is 455 g/mol. The second-order valence-electron chi connectivity index (χ2n) is 6.88. The Labute approximate surface area is 165 Å². The fraction of sp³-hybridized carbons (Fsp3) is 0.588. The maximum atomic E-state index is 6.03. The van der Waals surface area contributed by atoms with Gasteiger partial charge in [0.2, 0.25) is 5.95 Å². The molecule has 7 heteroatoms. The number of nitrogens with zero attached hydrogens (tertiary/aromatic N) is 2. The molecule has 0 unspecified atom stereocenters. The summed E-state index contributed by atoms with van der Waals surface area (Å²) in [7, 11) is 0. The highest BCUT2D eigenvalue weighted by atomic mass is 79.9. The van der Waals surface area contributed by atoms with Crippen molar-refractivity contribution in [1.29, 1.82) is 0 Å². The molecule has 2 aliphatic rings. The van der Waals surface area contributed by atoms with Crippen LogP contribution in [0.4, 0.5) is 5.95 Å². The Hall–Kier alpha value is -0.300. The van der Waals surface area contributed by atoms with E-state index in [2.05, 4.69) is 48.7 Å². The minimum absolute atomic E-state index is 0. The zero-order chi connectivity index (χ0) is 16.1. The Bertz CT molecular complexity index is 766. The molecule has 4 nitrogen and oxygen atoms in total. The summed E-state index contributed by atoms with van der Waals surface area (Å²) in [6.07, 6.45) is 6.78. The van der Waals surface area contributed by atoms with Crippen molar-refractivity contribution in [2.24, 2.45) is 5.73 Å². The minimum Gasteiger partial charge on any atom is -0.353 e. The Balaban J connectivity index is 0.00000169. The second kappa shape index (κ2) is 7.14. The maximum Gasteiger partial charge on any atom is 0.204 e. The van der Waals surface area contributed by atoms with Crippen molar-refractivity contribution in [3.63, 3.8) is 0 Å². The SMILES string of the molecule is Cc1c(Br)c(Br)c2c3c1nc(N[C@H]1CC[C@H](N)CC1)n3CCC2.Cl. The van der Waals surface area contributed by atoms with Crippen LogP contribution in [0, 0.1) is 6.92 Å². The highest BCUT2D eigenvalue weighted by Gasteiger charge is 2.26. The molecule has 1 aromatic carbocycles. The molecule has 24 heavy (non-hydrogen) atoms. The summed E-state index contributed by atoms with van der Waals surface area (Å²) in [6.45, 7) is 3.19. The van der Waals surface area contributed by atoms with Gasteiger partial charge in [0.15, 0.2) is 0 Å². The molecule has 0 spiro atoms. The molecule has 2 heterocycles. The monoisotopic (exact) mass is 476 g/mol. The summed E-state index contributed by atoms with van der Waals surface area (Å²) in [5.41, 5.74) is 11.1. The summed E-state index contributed by atoms with van der Waals surface area (Å²) in [4.78, 5) is 4.97. The van der Waals surface area contributed by atoms with E-state index in [-0.39, 0.29) is 12.4 Å². The van der Waals surface area contributed by atoms with Gasteiger partial charge < -0.3 is 15.6 Å². The topological polar surface area (TPSA) is 55.9 Å². The highest BCUT2D eigenvalue weighted by molar-refractivity contribution is 9.13. The Morgan fingerprint density at radius 2 is 1.88 bits per heavy atom. The fourth-order valence-electron chi connectivity index (χ4n) is 3.94. The first-order valence-corrected chi connectivity index (χ1v) is 10.0. The number of aryl methyl sites for hydroxylation is 3. The van der Waals surface area contributed by atoms with Crippen molar-refractivity contribution in [3.05, 3.63) is 20.1 Å². The predicted octanol–water partition coefficient (Wildman–Crippen LogP) is 4.92.